The summed E-state index contributed by atoms with van der Waals surface area (Å²) in [5.41, 5.74) is 3.03. The highest BCUT2D eigenvalue weighted by molar-refractivity contribution is 6.43. The van der Waals surface area contributed by atoms with Crippen molar-refractivity contribution in [1.29, 1.82) is 0 Å². The van der Waals surface area contributed by atoms with E-state index in [1.165, 1.54) is 12.8 Å². The summed E-state index contributed by atoms with van der Waals surface area (Å²) in [4.78, 5) is 21.2. The van der Waals surface area contributed by atoms with E-state index in [-0.39, 0.29) is 6.79 Å². The maximum absolute atomic E-state index is 11.8. The zero-order chi connectivity index (χ0) is 28.9. The molecular weight excluding hydrogens is 563 g/mol. The molecule has 0 bridgehead atoms. The molecule has 2 aliphatic heterocycles. The van der Waals surface area contributed by atoms with Crippen LogP contribution in [-0.4, -0.2) is 69.6 Å². The highest BCUT2D eigenvalue weighted by Crippen LogP contribution is 2.33. The summed E-state index contributed by atoms with van der Waals surface area (Å²) in [6, 6.07) is 11.8. The Morgan fingerprint density at radius 1 is 0.976 bits per heavy atom. The van der Waals surface area contributed by atoms with Crippen LogP contribution in [0.4, 0.5) is 16.2 Å². The predicted octanol–water partition coefficient (Wildman–Crippen LogP) is 7.23. The van der Waals surface area contributed by atoms with Crippen LogP contribution in [0.5, 0.6) is 5.75 Å². The number of hydrogen-bond donors (Lipinski definition) is 1. The molecule has 0 saturated carbocycles. The van der Waals surface area contributed by atoms with E-state index in [0.717, 1.165) is 87.5 Å². The molecule has 8 nitrogen and oxygen atoms in total. The van der Waals surface area contributed by atoms with E-state index in [4.69, 9.17) is 37.4 Å². The van der Waals surface area contributed by atoms with Gasteiger partial charge >= 0.3 is 6.09 Å². The molecule has 0 atom stereocenters. The lowest BCUT2D eigenvalue weighted by Gasteiger charge is -2.36. The number of ether oxygens (including phenoxy) is 3. The largest absolute Gasteiger partial charge is 0.494 e. The molecule has 0 spiro atoms. The van der Waals surface area contributed by atoms with Gasteiger partial charge in [-0.2, -0.15) is 0 Å². The smallest absolute Gasteiger partial charge is 0.410 e. The number of hydrogen-bond acceptors (Lipinski definition) is 7. The Labute approximate surface area is 253 Å². The van der Waals surface area contributed by atoms with E-state index in [1.54, 1.807) is 0 Å². The minimum atomic E-state index is -0.460. The summed E-state index contributed by atoms with van der Waals surface area (Å²) in [7, 11) is 0. The van der Waals surface area contributed by atoms with Crippen molar-refractivity contribution in [3.05, 3.63) is 52.0 Å². The Kier molecular flexibility index (Phi) is 12.7. The Balaban J connectivity index is 1.11. The molecule has 2 aliphatic rings. The SMILES string of the molecule is CCCCCCNC(=O)OCOC1=Nc2cc(OCCCCN3CCN(c4cccc(Cl)c4Cl)CC3)ccc2CC1. The number of fused-ring (bicyclic) bond motifs is 1. The van der Waals surface area contributed by atoms with Crippen molar-refractivity contribution in [3.8, 4) is 5.75 Å². The molecule has 41 heavy (non-hydrogen) atoms. The number of carbonyl (C=O) groups excluding carboxylic acids is 1. The topological polar surface area (TPSA) is 75.6 Å². The second-order valence-corrected chi connectivity index (χ2v) is 11.2. The first-order valence-corrected chi connectivity index (χ1v) is 15.6. The molecule has 1 amide bonds. The van der Waals surface area contributed by atoms with Gasteiger partial charge < -0.3 is 24.4 Å². The van der Waals surface area contributed by atoms with E-state index in [1.807, 2.05) is 30.3 Å². The third-order valence-corrected chi connectivity index (χ3v) is 8.22. The van der Waals surface area contributed by atoms with Crippen molar-refractivity contribution >= 4 is 46.6 Å². The average Bonchev–Trinajstić information content (AvgIpc) is 2.98. The van der Waals surface area contributed by atoms with Gasteiger partial charge in [0.25, 0.3) is 0 Å². The maximum atomic E-state index is 11.8. The highest BCUT2D eigenvalue weighted by Gasteiger charge is 2.19. The first-order chi connectivity index (χ1) is 20.0. The third kappa shape index (κ3) is 9.97. The number of alkyl carbamates (subject to hydrolysis) is 1. The molecule has 2 aromatic rings. The maximum Gasteiger partial charge on any atom is 0.410 e. The van der Waals surface area contributed by atoms with Crippen molar-refractivity contribution in [2.75, 3.05) is 57.6 Å². The second kappa shape index (κ2) is 16.7. The molecule has 10 heteroatoms. The van der Waals surface area contributed by atoms with Crippen LogP contribution >= 0.6 is 23.2 Å². The first kappa shape index (κ1) is 31.3. The molecule has 1 saturated heterocycles. The molecule has 1 fully saturated rings. The number of carbonyl (C=O) groups is 1. The summed E-state index contributed by atoms with van der Waals surface area (Å²) in [6.45, 7) is 8.23. The predicted molar refractivity (Wildman–Crippen MR) is 166 cm³/mol. The quantitative estimate of drug-likeness (QED) is 0.181. The van der Waals surface area contributed by atoms with Crippen molar-refractivity contribution in [2.45, 2.75) is 58.3 Å². The summed E-state index contributed by atoms with van der Waals surface area (Å²) in [5.74, 6) is 1.38. The van der Waals surface area contributed by atoms with Crippen molar-refractivity contribution in [1.82, 2.24) is 10.2 Å². The van der Waals surface area contributed by atoms with E-state index >= 15 is 0 Å². The molecule has 2 heterocycles. The number of nitrogens with zero attached hydrogens (tertiary/aromatic N) is 3. The zero-order valence-corrected chi connectivity index (χ0v) is 25.5. The van der Waals surface area contributed by atoms with Crippen LogP contribution in [-0.2, 0) is 15.9 Å². The molecule has 2 aromatic carbocycles. The van der Waals surface area contributed by atoms with Crippen LogP contribution < -0.4 is 15.0 Å². The molecule has 0 aliphatic carbocycles. The molecule has 0 aromatic heterocycles. The Morgan fingerprint density at radius 3 is 2.66 bits per heavy atom. The molecule has 4 rings (SSSR count). The van der Waals surface area contributed by atoms with Crippen LogP contribution in [0.3, 0.4) is 0 Å². The minimum absolute atomic E-state index is 0.144. The lowest BCUT2D eigenvalue weighted by molar-refractivity contribution is 0.0505. The average molecular weight is 606 g/mol. The number of anilines is 1. The fourth-order valence-electron chi connectivity index (χ4n) is 5.01. The minimum Gasteiger partial charge on any atom is -0.494 e. The number of halogens is 2. The molecular formula is C31H42Cl2N4O4. The van der Waals surface area contributed by atoms with Gasteiger partial charge in [0, 0.05) is 45.2 Å². The number of benzene rings is 2. The summed E-state index contributed by atoms with van der Waals surface area (Å²) in [6.07, 6.45) is 7.50. The van der Waals surface area contributed by atoms with Crippen LogP contribution in [0.1, 0.15) is 57.4 Å². The molecule has 224 valence electrons. The van der Waals surface area contributed by atoms with Gasteiger partial charge in [-0.25, -0.2) is 9.79 Å². The van der Waals surface area contributed by atoms with Gasteiger partial charge in [-0.05, 0) is 56.0 Å². The van der Waals surface area contributed by atoms with Crippen LogP contribution in [0.25, 0.3) is 0 Å². The van der Waals surface area contributed by atoms with Crippen molar-refractivity contribution < 1.29 is 19.0 Å². The van der Waals surface area contributed by atoms with Crippen molar-refractivity contribution in [3.63, 3.8) is 0 Å². The van der Waals surface area contributed by atoms with Gasteiger partial charge in [0.1, 0.15) is 5.75 Å². The van der Waals surface area contributed by atoms with Gasteiger partial charge in [0.05, 0.1) is 28.0 Å². The number of piperazine rings is 1. The number of unbranched alkanes of at least 4 members (excludes halogenated alkanes) is 4. The molecule has 0 unspecified atom stereocenters. The lowest BCUT2D eigenvalue weighted by Crippen LogP contribution is -2.46. The Bertz CT molecular complexity index is 1150. The fourth-order valence-corrected chi connectivity index (χ4v) is 5.42. The third-order valence-electron chi connectivity index (χ3n) is 7.41. The van der Waals surface area contributed by atoms with E-state index < -0.39 is 6.09 Å². The van der Waals surface area contributed by atoms with Crippen molar-refractivity contribution in [2.24, 2.45) is 4.99 Å². The van der Waals surface area contributed by atoms with Crippen LogP contribution in [0.15, 0.2) is 41.4 Å². The first-order valence-electron chi connectivity index (χ1n) is 14.8. The number of nitrogens with one attached hydrogen (secondary N) is 1. The highest BCUT2D eigenvalue weighted by atomic mass is 35.5. The molecule has 1 N–H and O–H groups in total. The van der Waals surface area contributed by atoms with Gasteiger partial charge in [-0.1, -0.05) is 61.5 Å². The number of aryl methyl sites for hydroxylation is 1. The Hall–Kier alpha value is -2.68. The Morgan fingerprint density at radius 2 is 1.83 bits per heavy atom. The normalized spacial score (nSPS) is 15.2. The summed E-state index contributed by atoms with van der Waals surface area (Å²) >= 11 is 12.6. The van der Waals surface area contributed by atoms with Gasteiger partial charge in [0.2, 0.25) is 6.79 Å². The zero-order valence-electron chi connectivity index (χ0n) is 24.0. The summed E-state index contributed by atoms with van der Waals surface area (Å²) in [5, 5.41) is 3.99. The second-order valence-electron chi connectivity index (χ2n) is 10.4. The lowest BCUT2D eigenvalue weighted by atomic mass is 10.0. The summed E-state index contributed by atoms with van der Waals surface area (Å²) < 4.78 is 16.8. The van der Waals surface area contributed by atoms with Crippen LogP contribution in [0.2, 0.25) is 10.0 Å². The van der Waals surface area contributed by atoms with E-state index in [2.05, 4.69) is 33.1 Å². The van der Waals surface area contributed by atoms with Crippen LogP contribution in [0, 0.1) is 0 Å². The van der Waals surface area contributed by atoms with Gasteiger partial charge in [-0.15, -0.1) is 0 Å². The number of amides is 1. The van der Waals surface area contributed by atoms with E-state index in [9.17, 15) is 4.79 Å². The fraction of sp³-hybridized carbons (Fsp3) is 0.548. The van der Waals surface area contributed by atoms with Gasteiger partial charge in [0.15, 0.2) is 5.90 Å². The molecule has 0 radical (unpaired) electrons. The monoisotopic (exact) mass is 604 g/mol. The van der Waals surface area contributed by atoms with E-state index in [0.29, 0.717) is 35.5 Å². The number of aliphatic imine (C=N–C) groups is 1. The standard InChI is InChI=1S/C31H42Cl2N4O4/c1-2-3-4-5-15-34-31(38)41-23-40-29-14-12-24-11-13-25(22-27(24)35-29)39-21-7-6-16-36-17-19-37(20-18-36)28-10-8-9-26(32)30(28)33/h8-11,13,22H,2-7,12,14-21,23H2,1H3,(H,34,38). The number of rotatable bonds is 14. The van der Waals surface area contributed by atoms with Gasteiger partial charge in [-0.3, -0.25) is 4.90 Å².